The highest BCUT2D eigenvalue weighted by molar-refractivity contribution is 7.89. The van der Waals surface area contributed by atoms with E-state index in [1.165, 1.54) is 10.4 Å². The highest BCUT2D eigenvalue weighted by atomic mass is 32.2. The summed E-state index contributed by atoms with van der Waals surface area (Å²) in [6, 6.07) is 6.62. The molecule has 0 aliphatic rings. The summed E-state index contributed by atoms with van der Waals surface area (Å²) in [7, 11) is -3.75. The lowest BCUT2D eigenvalue weighted by atomic mass is 10.2. The molecule has 0 atom stereocenters. The number of sulfonamides is 1. The van der Waals surface area contributed by atoms with Gasteiger partial charge in [0.1, 0.15) is 5.57 Å². The van der Waals surface area contributed by atoms with Gasteiger partial charge >= 0.3 is 11.9 Å². The van der Waals surface area contributed by atoms with Crippen LogP contribution in [0.4, 0.5) is 0 Å². The largest absolute Gasteiger partial charge is 0.462 e. The molecular formula is C22H31NO6S. The summed E-state index contributed by atoms with van der Waals surface area (Å²) in [5, 5.41) is 0. The average Bonchev–Trinajstić information content (AvgIpc) is 2.67. The number of allylic oxidation sites excluding steroid dienone is 1. The summed E-state index contributed by atoms with van der Waals surface area (Å²) in [4.78, 5) is 24.3. The second-order valence-corrected chi connectivity index (χ2v) is 8.74. The molecule has 0 saturated heterocycles. The monoisotopic (exact) mass is 437 g/mol. The molecule has 0 bridgehead atoms. The predicted molar refractivity (Wildman–Crippen MR) is 115 cm³/mol. The molecular weight excluding hydrogens is 406 g/mol. The van der Waals surface area contributed by atoms with Crippen LogP contribution >= 0.6 is 0 Å². The molecule has 0 radical (unpaired) electrons. The fourth-order valence-electron chi connectivity index (χ4n) is 2.47. The third-order valence-corrected chi connectivity index (χ3v) is 5.96. The molecule has 8 heteroatoms. The van der Waals surface area contributed by atoms with Crippen molar-refractivity contribution in [1.82, 2.24) is 4.31 Å². The molecule has 166 valence electrons. The molecule has 0 saturated carbocycles. The molecule has 0 aromatic heterocycles. The van der Waals surface area contributed by atoms with E-state index in [4.69, 9.17) is 9.47 Å². The van der Waals surface area contributed by atoms with Crippen LogP contribution in [0.5, 0.6) is 0 Å². The third kappa shape index (κ3) is 7.76. The van der Waals surface area contributed by atoms with Crippen molar-refractivity contribution in [2.45, 2.75) is 45.9 Å². The van der Waals surface area contributed by atoms with Crippen molar-refractivity contribution in [2.75, 3.05) is 26.3 Å². The second kappa shape index (κ2) is 12.3. The standard InChI is InChI=1S/C22H31NO6S/c1-6-28-21(24)20(22(25)29-7-2)9-8-15-23(16-14-17(3)4)30(26,27)19-12-10-18(5)11-13-19/h9-14H,6-8,15-16H2,1-5H3. The molecule has 0 aliphatic heterocycles. The zero-order chi connectivity index (χ0) is 22.7. The average molecular weight is 438 g/mol. The van der Waals surface area contributed by atoms with Crippen molar-refractivity contribution in [3.63, 3.8) is 0 Å². The van der Waals surface area contributed by atoms with Gasteiger partial charge in [0.15, 0.2) is 0 Å². The number of carbonyl (C=O) groups is 2. The molecule has 1 aromatic rings. The van der Waals surface area contributed by atoms with Gasteiger partial charge in [0.05, 0.1) is 18.1 Å². The Morgan fingerprint density at radius 2 is 1.50 bits per heavy atom. The summed E-state index contributed by atoms with van der Waals surface area (Å²) in [6.07, 6.45) is 3.33. The van der Waals surface area contributed by atoms with Crippen LogP contribution in [-0.4, -0.2) is 51.0 Å². The van der Waals surface area contributed by atoms with E-state index < -0.39 is 22.0 Å². The van der Waals surface area contributed by atoms with Crippen LogP contribution in [0.3, 0.4) is 0 Å². The van der Waals surface area contributed by atoms with Gasteiger partial charge in [-0.15, -0.1) is 0 Å². The van der Waals surface area contributed by atoms with Crippen LogP contribution in [0.2, 0.25) is 0 Å². The lowest BCUT2D eigenvalue weighted by Gasteiger charge is -2.21. The van der Waals surface area contributed by atoms with Crippen LogP contribution in [0.25, 0.3) is 0 Å². The zero-order valence-electron chi connectivity index (χ0n) is 18.3. The van der Waals surface area contributed by atoms with Gasteiger partial charge in [-0.05, 0) is 53.2 Å². The molecule has 0 fully saturated rings. The first kappa shape index (κ1) is 25.6. The Balaban J connectivity index is 3.13. The topological polar surface area (TPSA) is 90.0 Å². The van der Waals surface area contributed by atoms with Gasteiger partial charge in [-0.3, -0.25) is 0 Å². The van der Waals surface area contributed by atoms with Crippen LogP contribution in [-0.2, 0) is 29.1 Å². The van der Waals surface area contributed by atoms with Gasteiger partial charge in [0, 0.05) is 13.1 Å². The van der Waals surface area contributed by atoms with E-state index in [1.54, 1.807) is 38.1 Å². The number of esters is 2. The zero-order valence-corrected chi connectivity index (χ0v) is 19.1. The summed E-state index contributed by atoms with van der Waals surface area (Å²) >= 11 is 0. The van der Waals surface area contributed by atoms with Gasteiger partial charge in [-0.2, -0.15) is 4.31 Å². The molecule has 0 unspecified atom stereocenters. The van der Waals surface area contributed by atoms with Gasteiger partial charge in [0.25, 0.3) is 0 Å². The van der Waals surface area contributed by atoms with Gasteiger partial charge in [-0.25, -0.2) is 18.0 Å². The minimum absolute atomic E-state index is 0.0856. The molecule has 1 aromatic carbocycles. The Labute approximate surface area is 179 Å². The maximum Gasteiger partial charge on any atom is 0.345 e. The van der Waals surface area contributed by atoms with E-state index in [0.717, 1.165) is 11.1 Å². The van der Waals surface area contributed by atoms with E-state index >= 15 is 0 Å². The van der Waals surface area contributed by atoms with Crippen molar-refractivity contribution in [3.8, 4) is 0 Å². The quantitative estimate of drug-likeness (QED) is 0.173. The minimum Gasteiger partial charge on any atom is -0.462 e. The van der Waals surface area contributed by atoms with Crippen molar-refractivity contribution < 1.29 is 27.5 Å². The molecule has 0 aliphatic carbocycles. The summed E-state index contributed by atoms with van der Waals surface area (Å²) in [5.41, 5.74) is 1.71. The molecule has 0 amide bonds. The number of hydrogen-bond donors (Lipinski definition) is 0. The predicted octanol–water partition coefficient (Wildman–Crippen LogP) is 3.39. The first-order valence-corrected chi connectivity index (χ1v) is 11.3. The van der Waals surface area contributed by atoms with Crippen molar-refractivity contribution in [1.29, 1.82) is 0 Å². The molecule has 0 heterocycles. The lowest BCUT2D eigenvalue weighted by molar-refractivity contribution is -0.146. The van der Waals surface area contributed by atoms with E-state index in [0.29, 0.717) is 0 Å². The Bertz CT molecular complexity index is 861. The number of ether oxygens (including phenoxy) is 2. The van der Waals surface area contributed by atoms with E-state index in [9.17, 15) is 18.0 Å². The van der Waals surface area contributed by atoms with Crippen molar-refractivity contribution in [2.24, 2.45) is 0 Å². The number of nitrogens with zero attached hydrogens (tertiary/aromatic N) is 1. The molecule has 0 N–H and O–H groups in total. The normalized spacial score (nSPS) is 11.0. The van der Waals surface area contributed by atoms with Crippen LogP contribution in [0.1, 0.15) is 39.7 Å². The van der Waals surface area contributed by atoms with E-state index in [1.807, 2.05) is 26.8 Å². The summed E-state index contributed by atoms with van der Waals surface area (Å²) in [6.45, 7) is 9.42. The first-order chi connectivity index (χ1) is 14.1. The Morgan fingerprint density at radius 3 is 1.97 bits per heavy atom. The minimum atomic E-state index is -3.75. The van der Waals surface area contributed by atoms with Crippen molar-refractivity contribution in [3.05, 3.63) is 53.1 Å². The van der Waals surface area contributed by atoms with E-state index in [-0.39, 0.29) is 43.2 Å². The van der Waals surface area contributed by atoms with Crippen LogP contribution in [0, 0.1) is 6.92 Å². The highest BCUT2D eigenvalue weighted by Gasteiger charge is 2.24. The second-order valence-electron chi connectivity index (χ2n) is 6.80. The SMILES string of the molecule is CCOC(=O)C(=CCCN(CC=C(C)C)S(=O)(=O)c1ccc(C)cc1)C(=O)OCC. The fourth-order valence-corrected chi connectivity index (χ4v) is 3.87. The smallest absolute Gasteiger partial charge is 0.345 e. The Morgan fingerprint density at radius 1 is 0.967 bits per heavy atom. The number of carbonyl (C=O) groups excluding carboxylic acids is 2. The number of rotatable bonds is 11. The molecule has 0 spiro atoms. The maximum absolute atomic E-state index is 13.1. The van der Waals surface area contributed by atoms with E-state index in [2.05, 4.69) is 0 Å². The van der Waals surface area contributed by atoms with Crippen molar-refractivity contribution >= 4 is 22.0 Å². The third-order valence-electron chi connectivity index (χ3n) is 4.08. The van der Waals surface area contributed by atoms with Crippen LogP contribution in [0.15, 0.2) is 52.5 Å². The maximum atomic E-state index is 13.1. The summed E-state index contributed by atoms with van der Waals surface area (Å²) in [5.74, 6) is -1.57. The number of aryl methyl sites for hydroxylation is 1. The highest BCUT2D eigenvalue weighted by Crippen LogP contribution is 2.18. The fraction of sp³-hybridized carbons (Fsp3) is 0.455. The van der Waals surface area contributed by atoms with Gasteiger partial charge in [-0.1, -0.05) is 35.4 Å². The molecule has 7 nitrogen and oxygen atoms in total. The summed E-state index contributed by atoms with van der Waals surface area (Å²) < 4.78 is 37.3. The Kier molecular flexibility index (Phi) is 10.5. The first-order valence-electron chi connectivity index (χ1n) is 9.88. The van der Waals surface area contributed by atoms with Gasteiger partial charge in [0.2, 0.25) is 10.0 Å². The van der Waals surface area contributed by atoms with Crippen LogP contribution < -0.4 is 0 Å². The number of hydrogen-bond acceptors (Lipinski definition) is 6. The lowest BCUT2D eigenvalue weighted by Crippen LogP contribution is -2.32. The van der Waals surface area contributed by atoms with Gasteiger partial charge < -0.3 is 9.47 Å². The Hall–Kier alpha value is -2.45. The number of benzene rings is 1. The molecule has 30 heavy (non-hydrogen) atoms. The molecule has 1 rings (SSSR count).